The molecule has 2 aliphatic heterocycles. The number of aliphatic hydroxyl groups is 1. The maximum absolute atomic E-state index is 13.5. The fraction of sp³-hybridized carbons (Fsp3) is 0.750. The molecule has 1 saturated carbocycles. The van der Waals surface area contributed by atoms with Crippen molar-refractivity contribution in [1.29, 1.82) is 0 Å². The summed E-state index contributed by atoms with van der Waals surface area (Å²) in [6.07, 6.45) is 6.45. The average molecular weight is 480 g/mol. The molecule has 34 heavy (non-hydrogen) atoms. The number of allylic oxidation sites excluding steroid dienone is 1. The predicted octanol–water partition coefficient (Wildman–Crippen LogP) is 1.41. The third-order valence-corrected chi connectivity index (χ3v) is 6.50. The first-order valence-electron chi connectivity index (χ1n) is 12.0. The lowest BCUT2D eigenvalue weighted by atomic mass is 10.0. The number of nitrogens with zero attached hydrogens (tertiary/aromatic N) is 1. The van der Waals surface area contributed by atoms with Gasteiger partial charge in [-0.05, 0) is 46.5 Å². The Kier molecular flexibility index (Phi) is 7.90. The van der Waals surface area contributed by atoms with Gasteiger partial charge >= 0.3 is 12.1 Å². The Morgan fingerprint density at radius 2 is 1.97 bits per heavy atom. The normalized spacial score (nSPS) is 33.4. The number of amides is 3. The summed E-state index contributed by atoms with van der Waals surface area (Å²) >= 11 is 0. The molecule has 2 heterocycles. The third-order valence-electron chi connectivity index (χ3n) is 6.50. The molecule has 10 nitrogen and oxygen atoms in total. The van der Waals surface area contributed by atoms with Gasteiger partial charge in [-0.15, -0.1) is 0 Å². The summed E-state index contributed by atoms with van der Waals surface area (Å²) in [7, 11) is 1.28. The summed E-state index contributed by atoms with van der Waals surface area (Å²) in [6, 6.07) is -1.85. The molecule has 1 saturated heterocycles. The van der Waals surface area contributed by atoms with Crippen LogP contribution in [-0.2, 0) is 23.9 Å². The first-order chi connectivity index (χ1) is 16.0. The highest BCUT2D eigenvalue weighted by Gasteiger charge is 2.62. The second kappa shape index (κ2) is 10.3. The van der Waals surface area contributed by atoms with Crippen LogP contribution in [0.3, 0.4) is 0 Å². The van der Waals surface area contributed by atoms with Gasteiger partial charge in [-0.2, -0.15) is 0 Å². The number of esters is 1. The van der Waals surface area contributed by atoms with Crippen LogP contribution in [0.2, 0.25) is 0 Å². The van der Waals surface area contributed by atoms with Crippen molar-refractivity contribution in [2.45, 2.75) is 95.0 Å². The fourth-order valence-electron chi connectivity index (χ4n) is 4.70. The Bertz CT molecular complexity index is 837. The van der Waals surface area contributed by atoms with E-state index in [2.05, 4.69) is 10.6 Å². The van der Waals surface area contributed by atoms with E-state index in [-0.39, 0.29) is 18.9 Å². The molecule has 0 radical (unpaired) electrons. The summed E-state index contributed by atoms with van der Waals surface area (Å²) in [5.74, 6) is -1.67. The van der Waals surface area contributed by atoms with E-state index >= 15 is 0 Å². The lowest BCUT2D eigenvalue weighted by Crippen LogP contribution is -2.56. The highest BCUT2D eigenvalue weighted by atomic mass is 16.6. The minimum atomic E-state index is -1.15. The Balaban J connectivity index is 1.84. The molecule has 10 heteroatoms. The smallest absolute Gasteiger partial charge is 0.408 e. The van der Waals surface area contributed by atoms with Gasteiger partial charge in [0.15, 0.2) is 0 Å². The zero-order valence-electron chi connectivity index (χ0n) is 20.5. The Morgan fingerprint density at radius 3 is 2.65 bits per heavy atom. The summed E-state index contributed by atoms with van der Waals surface area (Å²) in [5.41, 5.74) is -1.88. The minimum absolute atomic E-state index is 0.0298. The molecule has 5 unspecified atom stereocenters. The van der Waals surface area contributed by atoms with Crippen molar-refractivity contribution in [1.82, 2.24) is 15.5 Å². The second-order valence-electron chi connectivity index (χ2n) is 10.4. The Hall–Kier alpha value is -2.62. The van der Waals surface area contributed by atoms with Crippen LogP contribution in [0.5, 0.6) is 0 Å². The molecule has 0 aromatic rings. The van der Waals surface area contributed by atoms with E-state index in [0.29, 0.717) is 19.3 Å². The highest BCUT2D eigenvalue weighted by molar-refractivity contribution is 5.96. The molecule has 0 spiro atoms. The summed E-state index contributed by atoms with van der Waals surface area (Å²) in [5, 5.41) is 15.7. The van der Waals surface area contributed by atoms with Gasteiger partial charge in [-0.3, -0.25) is 9.59 Å². The fourth-order valence-corrected chi connectivity index (χ4v) is 4.70. The van der Waals surface area contributed by atoms with Gasteiger partial charge < -0.3 is 30.1 Å². The summed E-state index contributed by atoms with van der Waals surface area (Å²) in [4.78, 5) is 53.0. The largest absolute Gasteiger partial charge is 0.467 e. The van der Waals surface area contributed by atoms with Gasteiger partial charge in [0.25, 0.3) is 0 Å². The molecule has 1 aliphatic carbocycles. The number of hydrogen-bond donors (Lipinski definition) is 3. The van der Waals surface area contributed by atoms with Crippen molar-refractivity contribution in [3.63, 3.8) is 0 Å². The van der Waals surface area contributed by atoms with Crippen molar-refractivity contribution in [3.05, 3.63) is 12.2 Å². The number of nitrogens with one attached hydrogen (secondary N) is 2. The van der Waals surface area contributed by atoms with Gasteiger partial charge in [0, 0.05) is 18.9 Å². The Morgan fingerprint density at radius 1 is 1.24 bits per heavy atom. The van der Waals surface area contributed by atoms with Crippen molar-refractivity contribution in [3.8, 4) is 0 Å². The number of alkyl carbamates (subject to hydrolysis) is 1. The van der Waals surface area contributed by atoms with Gasteiger partial charge in [-0.1, -0.05) is 25.0 Å². The molecule has 0 bridgehead atoms. The molecule has 0 aromatic carbocycles. The van der Waals surface area contributed by atoms with Crippen molar-refractivity contribution in [2.75, 3.05) is 13.7 Å². The minimum Gasteiger partial charge on any atom is -0.467 e. The van der Waals surface area contributed by atoms with E-state index in [9.17, 15) is 24.3 Å². The van der Waals surface area contributed by atoms with E-state index < -0.39 is 53.2 Å². The zero-order chi connectivity index (χ0) is 25.1. The zero-order valence-corrected chi connectivity index (χ0v) is 20.5. The molecule has 3 N–H and O–H groups in total. The van der Waals surface area contributed by atoms with Crippen LogP contribution in [-0.4, -0.2) is 76.9 Å². The SMILES string of the molecule is COC(=O)C12CC1/C=C\CCCCCC(NC(=O)OC(C)(C)C)C(=O)N1CC(O)CC1C(=O)N2. The average Bonchev–Trinajstić information content (AvgIpc) is 3.29. The topological polar surface area (TPSA) is 134 Å². The molecule has 3 rings (SSSR count). The Labute approximate surface area is 200 Å². The number of carbonyl (C=O) groups excluding carboxylic acids is 4. The maximum atomic E-state index is 13.5. The van der Waals surface area contributed by atoms with Crippen LogP contribution in [0.4, 0.5) is 4.79 Å². The third kappa shape index (κ3) is 6.08. The van der Waals surface area contributed by atoms with E-state index in [1.807, 2.05) is 12.2 Å². The van der Waals surface area contributed by atoms with Gasteiger partial charge in [0.05, 0.1) is 13.2 Å². The lowest BCUT2D eigenvalue weighted by molar-refractivity contribution is -0.148. The molecule has 5 atom stereocenters. The van der Waals surface area contributed by atoms with E-state index in [1.54, 1.807) is 20.8 Å². The highest BCUT2D eigenvalue weighted by Crippen LogP contribution is 2.46. The monoisotopic (exact) mass is 479 g/mol. The molecular formula is C24H37N3O7. The second-order valence-corrected chi connectivity index (χ2v) is 10.4. The van der Waals surface area contributed by atoms with Crippen LogP contribution >= 0.6 is 0 Å². The summed E-state index contributed by atoms with van der Waals surface area (Å²) in [6.45, 7) is 5.17. The number of fused-ring (bicyclic) bond motifs is 2. The number of rotatable bonds is 2. The number of carbonyl (C=O) groups is 4. The first-order valence-corrected chi connectivity index (χ1v) is 12.0. The standard InChI is InChI=1S/C24H37N3O7/c1-23(2,3)34-22(32)25-17-11-9-7-5-6-8-10-15-13-24(15,21(31)33-4)26-19(29)18-12-16(28)14-27(18)20(17)30/h8,10,15-18,28H,5-7,9,11-14H2,1-4H3,(H,25,32)(H,26,29)/b10-8-. The van der Waals surface area contributed by atoms with Crippen LogP contribution < -0.4 is 10.6 Å². The van der Waals surface area contributed by atoms with Crippen LogP contribution in [0.1, 0.15) is 65.7 Å². The number of methoxy groups -OCH3 is 1. The molecule has 3 amide bonds. The van der Waals surface area contributed by atoms with Crippen molar-refractivity contribution in [2.24, 2.45) is 5.92 Å². The lowest BCUT2D eigenvalue weighted by Gasteiger charge is -2.30. The number of ether oxygens (including phenoxy) is 2. The molecule has 0 aromatic heterocycles. The van der Waals surface area contributed by atoms with Crippen molar-refractivity contribution < 1.29 is 33.8 Å². The van der Waals surface area contributed by atoms with Crippen LogP contribution in [0.25, 0.3) is 0 Å². The van der Waals surface area contributed by atoms with E-state index in [4.69, 9.17) is 9.47 Å². The predicted molar refractivity (Wildman–Crippen MR) is 123 cm³/mol. The van der Waals surface area contributed by atoms with Crippen LogP contribution in [0, 0.1) is 5.92 Å². The van der Waals surface area contributed by atoms with E-state index in [1.165, 1.54) is 12.0 Å². The maximum Gasteiger partial charge on any atom is 0.408 e. The van der Waals surface area contributed by atoms with Gasteiger partial charge in [0.2, 0.25) is 11.8 Å². The van der Waals surface area contributed by atoms with E-state index in [0.717, 1.165) is 19.3 Å². The quantitative estimate of drug-likeness (QED) is 0.403. The van der Waals surface area contributed by atoms with Crippen molar-refractivity contribution >= 4 is 23.9 Å². The first kappa shape index (κ1) is 26.0. The van der Waals surface area contributed by atoms with Gasteiger partial charge in [-0.25, -0.2) is 9.59 Å². The summed E-state index contributed by atoms with van der Waals surface area (Å²) < 4.78 is 10.3. The molecule has 3 aliphatic rings. The molecule has 2 fully saturated rings. The van der Waals surface area contributed by atoms with Gasteiger partial charge in [0.1, 0.15) is 23.2 Å². The molecular weight excluding hydrogens is 442 g/mol. The number of aliphatic hydroxyl groups excluding tert-OH is 1. The molecule has 190 valence electrons. The van der Waals surface area contributed by atoms with Crippen LogP contribution in [0.15, 0.2) is 12.2 Å². The number of hydrogen-bond acceptors (Lipinski definition) is 7.